The summed E-state index contributed by atoms with van der Waals surface area (Å²) in [6.07, 6.45) is -4.04. The maximum Gasteiger partial charge on any atom is 0.286 e. The van der Waals surface area contributed by atoms with E-state index >= 15 is 0 Å². The number of aliphatic hydroxyl groups excluding tert-OH is 4. The molecule has 1 fully saturated rings. The Labute approximate surface area is 228 Å². The van der Waals surface area contributed by atoms with Crippen LogP contribution in [0.15, 0.2) is 56.7 Å². The summed E-state index contributed by atoms with van der Waals surface area (Å²) < 4.78 is 56.2. The van der Waals surface area contributed by atoms with Crippen molar-refractivity contribution in [2.45, 2.75) is 39.6 Å². The topological polar surface area (TPSA) is 229 Å². The van der Waals surface area contributed by atoms with Crippen LogP contribution in [0.4, 0.5) is 5.69 Å². The molecule has 0 amide bonds. The molecule has 0 radical (unpaired) electrons. The van der Waals surface area contributed by atoms with E-state index in [1.165, 1.54) is 17.8 Å². The number of sulfonamides is 2. The number of anilines is 1. The van der Waals surface area contributed by atoms with Gasteiger partial charge >= 0.3 is 0 Å². The maximum absolute atomic E-state index is 12.4. The van der Waals surface area contributed by atoms with Crippen LogP contribution >= 0.6 is 23.4 Å². The van der Waals surface area contributed by atoms with E-state index in [2.05, 4.69) is 14.5 Å². The van der Waals surface area contributed by atoms with Gasteiger partial charge in [0.05, 0.1) is 29.7 Å². The van der Waals surface area contributed by atoms with Crippen molar-refractivity contribution < 1.29 is 47.1 Å². The number of aliphatic hydroxyl groups is 5. The molecule has 0 aromatic heterocycles. The van der Waals surface area contributed by atoms with Crippen LogP contribution in [-0.2, 0) is 30.5 Å². The van der Waals surface area contributed by atoms with Crippen LogP contribution in [0.2, 0.25) is 5.02 Å². The summed E-state index contributed by atoms with van der Waals surface area (Å²) in [6, 6.07) is 11.9. The first-order valence-corrected chi connectivity index (χ1v) is 15.3. The molecule has 17 heteroatoms. The number of nitrogens with one attached hydrogen (secondary N) is 1. The number of amidine groups is 1. The van der Waals surface area contributed by atoms with Crippen molar-refractivity contribution >= 4 is 54.9 Å². The van der Waals surface area contributed by atoms with E-state index in [-0.39, 0.29) is 21.4 Å². The molecule has 2 aromatic carbocycles. The van der Waals surface area contributed by atoms with Gasteiger partial charge in [0.25, 0.3) is 10.0 Å². The van der Waals surface area contributed by atoms with Crippen LogP contribution in [0.5, 0.6) is 0 Å². The molecule has 0 bridgehead atoms. The number of nitrogens with zero attached hydrogens (tertiary/aromatic N) is 1. The Balaban J connectivity index is 0.000000279. The summed E-state index contributed by atoms with van der Waals surface area (Å²) >= 11 is 7.43. The Morgan fingerprint density at radius 3 is 2.34 bits per heavy atom. The number of ether oxygens (including phenoxy) is 1. The van der Waals surface area contributed by atoms with Gasteiger partial charge in [0.2, 0.25) is 15.8 Å². The first-order chi connectivity index (χ1) is 17.7. The molecule has 4 atom stereocenters. The molecule has 0 aliphatic carbocycles. The van der Waals surface area contributed by atoms with Gasteiger partial charge in [-0.1, -0.05) is 41.9 Å². The van der Waals surface area contributed by atoms with Crippen molar-refractivity contribution in [1.29, 1.82) is 0 Å². The molecule has 8 N–H and O–H groups in total. The number of nitrogens with two attached hydrogens (primary N) is 1. The zero-order chi connectivity index (χ0) is 28.3. The van der Waals surface area contributed by atoms with Crippen LogP contribution in [0.3, 0.4) is 0 Å². The van der Waals surface area contributed by atoms with Crippen molar-refractivity contribution in [1.82, 2.24) is 0 Å². The largest absolute Gasteiger partial charge is 0.394 e. The molecule has 13 nitrogen and oxygen atoms in total. The van der Waals surface area contributed by atoms with E-state index in [9.17, 15) is 21.9 Å². The third-order valence-corrected chi connectivity index (χ3v) is 9.15. The molecule has 38 heavy (non-hydrogen) atoms. The number of benzene rings is 2. The first-order valence-electron chi connectivity index (χ1n) is 10.8. The molecular weight excluding hydrogens is 586 g/mol. The van der Waals surface area contributed by atoms with Gasteiger partial charge in [0.1, 0.15) is 33.9 Å². The summed E-state index contributed by atoms with van der Waals surface area (Å²) in [6.45, 7) is -1.36. The summed E-state index contributed by atoms with van der Waals surface area (Å²) in [5.74, 6) is -0.882. The lowest BCUT2D eigenvalue weighted by molar-refractivity contribution is -0.248. The molecule has 210 valence electrons. The van der Waals surface area contributed by atoms with Gasteiger partial charge < -0.3 is 35.6 Å². The zero-order valence-corrected chi connectivity index (χ0v) is 22.7. The number of hydrogen-bond donors (Lipinski definition) is 7. The Kier molecular flexibility index (Phi) is 9.81. The Bertz CT molecular complexity index is 1390. The minimum absolute atomic E-state index is 0.160. The van der Waals surface area contributed by atoms with Crippen molar-refractivity contribution in [2.24, 2.45) is 9.54 Å². The second-order valence-electron chi connectivity index (χ2n) is 8.22. The summed E-state index contributed by atoms with van der Waals surface area (Å²) in [5, 5.41) is 52.5. The summed E-state index contributed by atoms with van der Waals surface area (Å²) in [7, 11) is -8.20. The summed E-state index contributed by atoms with van der Waals surface area (Å²) in [4.78, 5) is -0.733. The standard InChI is InChI=1S/C15H14ClN3O4S3.C6H12O6/c16-11-6-12-14(7-13(11)25(17,20)21)26(22,23)19-15(18-12)9-24-8-10-4-2-1-3-5-10;7-1-3-4(9)5(10)6(11,2-8)12-3/h1-7H,8-9H2,(H,18,19)(H2,17,20,21);3-5,7-11H,1-2H2/t;3-,4-,5+,6-/m.1/s1. The van der Waals surface area contributed by atoms with Gasteiger partial charge in [-0.05, 0) is 17.7 Å². The van der Waals surface area contributed by atoms with Crippen molar-refractivity contribution in [3.05, 3.63) is 53.1 Å². The van der Waals surface area contributed by atoms with Crippen molar-refractivity contribution in [2.75, 3.05) is 24.3 Å². The first kappa shape index (κ1) is 30.7. The third kappa shape index (κ3) is 7.02. The molecule has 1 saturated heterocycles. The van der Waals surface area contributed by atoms with E-state index in [0.717, 1.165) is 11.6 Å². The summed E-state index contributed by atoms with van der Waals surface area (Å²) in [5.41, 5.74) is 1.28. The van der Waals surface area contributed by atoms with Crippen molar-refractivity contribution in [3.8, 4) is 0 Å². The van der Waals surface area contributed by atoms with Gasteiger partial charge in [-0.3, -0.25) is 0 Å². The quantitative estimate of drug-likeness (QED) is 0.204. The molecular formula is C21H26ClN3O10S3. The SMILES string of the molecule is NS(=O)(=O)c1cc2c(cc1Cl)NC(CSCc1ccccc1)=NS2(=O)=O.OC[C@H]1O[C@](O)(CO)[C@@H](O)[C@@H]1O. The maximum atomic E-state index is 12.4. The normalized spacial score (nSPS) is 26.0. The number of fused-ring (bicyclic) bond motifs is 1. The van der Waals surface area contributed by atoms with Gasteiger partial charge in [-0.15, -0.1) is 16.2 Å². The van der Waals surface area contributed by atoms with Crippen LogP contribution < -0.4 is 10.5 Å². The van der Waals surface area contributed by atoms with Crippen molar-refractivity contribution in [3.63, 3.8) is 0 Å². The van der Waals surface area contributed by atoms with E-state index in [0.29, 0.717) is 11.5 Å². The number of rotatable bonds is 7. The highest BCUT2D eigenvalue weighted by molar-refractivity contribution is 7.99. The highest BCUT2D eigenvalue weighted by Crippen LogP contribution is 2.34. The van der Waals surface area contributed by atoms with Gasteiger partial charge in [-0.2, -0.15) is 8.42 Å². The lowest BCUT2D eigenvalue weighted by Crippen LogP contribution is -2.46. The highest BCUT2D eigenvalue weighted by Gasteiger charge is 2.52. The van der Waals surface area contributed by atoms with E-state index < -0.39 is 62.3 Å². The average Bonchev–Trinajstić information content (AvgIpc) is 3.07. The molecule has 0 unspecified atom stereocenters. The number of halogens is 1. The average molecular weight is 612 g/mol. The molecule has 2 aromatic rings. The molecule has 2 aliphatic heterocycles. The minimum Gasteiger partial charge on any atom is -0.394 e. The smallest absolute Gasteiger partial charge is 0.286 e. The molecule has 2 heterocycles. The second-order valence-corrected chi connectivity index (χ2v) is 12.7. The van der Waals surface area contributed by atoms with Crippen LogP contribution in [-0.4, -0.2) is 91.3 Å². The lowest BCUT2D eigenvalue weighted by Gasteiger charge is -2.22. The monoisotopic (exact) mass is 611 g/mol. The third-order valence-electron chi connectivity index (χ3n) is 5.41. The molecule has 4 rings (SSSR count). The van der Waals surface area contributed by atoms with Crippen LogP contribution in [0.25, 0.3) is 0 Å². The fraction of sp³-hybridized carbons (Fsp3) is 0.381. The van der Waals surface area contributed by atoms with E-state index in [4.69, 9.17) is 37.2 Å². The molecule has 0 saturated carbocycles. The predicted molar refractivity (Wildman–Crippen MR) is 140 cm³/mol. The fourth-order valence-electron chi connectivity index (χ4n) is 3.49. The highest BCUT2D eigenvalue weighted by atomic mass is 35.5. The molecule has 2 aliphatic rings. The van der Waals surface area contributed by atoms with Crippen LogP contribution in [0, 0.1) is 0 Å². The van der Waals surface area contributed by atoms with E-state index in [1.807, 2.05) is 30.3 Å². The number of hydrogen-bond acceptors (Lipinski definition) is 12. The zero-order valence-electron chi connectivity index (χ0n) is 19.5. The predicted octanol–water partition coefficient (Wildman–Crippen LogP) is -0.786. The number of primary sulfonamides is 1. The fourth-order valence-corrected chi connectivity index (χ4v) is 6.76. The Morgan fingerprint density at radius 2 is 1.82 bits per heavy atom. The second kappa shape index (κ2) is 12.1. The Morgan fingerprint density at radius 1 is 1.16 bits per heavy atom. The van der Waals surface area contributed by atoms with Crippen LogP contribution in [0.1, 0.15) is 5.56 Å². The van der Waals surface area contributed by atoms with Gasteiger partial charge in [0, 0.05) is 5.75 Å². The van der Waals surface area contributed by atoms with Gasteiger partial charge in [-0.25, -0.2) is 13.6 Å². The lowest BCUT2D eigenvalue weighted by atomic mass is 10.1. The molecule has 0 spiro atoms. The van der Waals surface area contributed by atoms with E-state index in [1.54, 1.807) is 0 Å². The number of thioether (sulfide) groups is 1. The van der Waals surface area contributed by atoms with Gasteiger partial charge in [0.15, 0.2) is 0 Å². The minimum atomic E-state index is -4.15. The Hall–Kier alpha value is -1.83.